The van der Waals surface area contributed by atoms with Crippen LogP contribution in [0.25, 0.3) is 0 Å². The summed E-state index contributed by atoms with van der Waals surface area (Å²) in [5.74, 6) is -2.33. The SMILES string of the molecule is COC(=O)C(Cc1ccc(C)cc1F)NC(=O)C(C)NS(=O)(=O)c1ccccc1[N+](=O)[O-]. The number of benzene rings is 2. The second-order valence-electron chi connectivity index (χ2n) is 6.95. The summed E-state index contributed by atoms with van der Waals surface area (Å²) in [6.07, 6.45) is -0.228. The van der Waals surface area contributed by atoms with Crippen LogP contribution in [0, 0.1) is 22.9 Å². The van der Waals surface area contributed by atoms with Crippen LogP contribution in [0.1, 0.15) is 18.1 Å². The predicted molar refractivity (Wildman–Crippen MR) is 112 cm³/mol. The summed E-state index contributed by atoms with van der Waals surface area (Å²) in [6.45, 7) is 2.89. The highest BCUT2D eigenvalue weighted by molar-refractivity contribution is 7.89. The molecule has 0 aliphatic heterocycles. The van der Waals surface area contributed by atoms with E-state index < -0.39 is 55.3 Å². The largest absolute Gasteiger partial charge is 0.467 e. The second-order valence-corrected chi connectivity index (χ2v) is 8.63. The van der Waals surface area contributed by atoms with E-state index in [1.54, 1.807) is 13.0 Å². The van der Waals surface area contributed by atoms with Crippen LogP contribution < -0.4 is 10.0 Å². The van der Waals surface area contributed by atoms with Crippen molar-refractivity contribution in [1.29, 1.82) is 0 Å². The van der Waals surface area contributed by atoms with Crippen molar-refractivity contribution in [3.05, 3.63) is 69.5 Å². The van der Waals surface area contributed by atoms with Crippen LogP contribution in [-0.2, 0) is 30.8 Å². The fraction of sp³-hybridized carbons (Fsp3) is 0.300. The Hall–Kier alpha value is -3.38. The average Bonchev–Trinajstić information content (AvgIpc) is 2.73. The van der Waals surface area contributed by atoms with Crippen molar-refractivity contribution in [2.45, 2.75) is 37.2 Å². The van der Waals surface area contributed by atoms with Gasteiger partial charge in [0.05, 0.1) is 18.1 Å². The minimum absolute atomic E-state index is 0.152. The van der Waals surface area contributed by atoms with E-state index in [2.05, 4.69) is 10.1 Å². The molecule has 2 aromatic rings. The van der Waals surface area contributed by atoms with Crippen LogP contribution in [0.2, 0.25) is 0 Å². The number of methoxy groups -OCH3 is 1. The third-order valence-corrected chi connectivity index (χ3v) is 6.10. The van der Waals surface area contributed by atoms with Gasteiger partial charge in [0.15, 0.2) is 4.90 Å². The number of para-hydroxylation sites is 1. The topological polar surface area (TPSA) is 145 Å². The van der Waals surface area contributed by atoms with Gasteiger partial charge >= 0.3 is 5.97 Å². The van der Waals surface area contributed by atoms with Gasteiger partial charge in [0.1, 0.15) is 11.9 Å². The zero-order chi connectivity index (χ0) is 24.1. The Morgan fingerprint density at radius 1 is 1.22 bits per heavy atom. The molecule has 32 heavy (non-hydrogen) atoms. The summed E-state index contributed by atoms with van der Waals surface area (Å²) in [4.78, 5) is 34.3. The normalized spacial score (nSPS) is 13.1. The van der Waals surface area contributed by atoms with Crippen molar-refractivity contribution < 1.29 is 32.1 Å². The summed E-state index contributed by atoms with van der Waals surface area (Å²) in [5, 5.41) is 13.4. The third-order valence-electron chi connectivity index (χ3n) is 4.51. The maximum absolute atomic E-state index is 14.2. The van der Waals surface area contributed by atoms with E-state index in [0.29, 0.717) is 5.56 Å². The number of hydrogen-bond acceptors (Lipinski definition) is 7. The smallest absolute Gasteiger partial charge is 0.328 e. The Bertz CT molecular complexity index is 1140. The quantitative estimate of drug-likeness (QED) is 0.324. The van der Waals surface area contributed by atoms with Crippen molar-refractivity contribution in [2.75, 3.05) is 7.11 Å². The fourth-order valence-corrected chi connectivity index (χ4v) is 4.23. The first-order valence-electron chi connectivity index (χ1n) is 9.35. The highest BCUT2D eigenvalue weighted by Gasteiger charge is 2.31. The molecule has 12 heteroatoms. The molecule has 1 amide bonds. The number of rotatable bonds is 9. The molecule has 10 nitrogen and oxygen atoms in total. The lowest BCUT2D eigenvalue weighted by Gasteiger charge is -2.20. The monoisotopic (exact) mass is 467 g/mol. The minimum atomic E-state index is -4.44. The summed E-state index contributed by atoms with van der Waals surface area (Å²) in [7, 11) is -3.35. The number of ether oxygens (including phenoxy) is 1. The van der Waals surface area contributed by atoms with Crippen molar-refractivity contribution in [3.63, 3.8) is 0 Å². The Labute approximate surface area is 184 Å². The summed E-state index contributed by atoms with van der Waals surface area (Å²) in [6, 6.07) is 6.33. The molecular formula is C20H22FN3O7S. The number of nitro groups is 1. The molecule has 0 spiro atoms. The summed E-state index contributed by atoms with van der Waals surface area (Å²) in [5.41, 5.74) is 0.164. The van der Waals surface area contributed by atoms with Gasteiger partial charge in [-0.25, -0.2) is 17.6 Å². The molecule has 2 rings (SSSR count). The molecule has 0 aliphatic carbocycles. The van der Waals surface area contributed by atoms with E-state index in [0.717, 1.165) is 19.2 Å². The van der Waals surface area contributed by atoms with Gasteiger partial charge in [0, 0.05) is 12.5 Å². The molecular weight excluding hydrogens is 445 g/mol. The summed E-state index contributed by atoms with van der Waals surface area (Å²) < 4.78 is 46.0. The number of hydrogen-bond donors (Lipinski definition) is 2. The van der Waals surface area contributed by atoms with Gasteiger partial charge in [-0.15, -0.1) is 0 Å². The fourth-order valence-electron chi connectivity index (χ4n) is 2.86. The standard InChI is InChI=1S/C20H22FN3O7S/c1-12-8-9-14(15(21)10-12)11-16(20(26)31-3)22-19(25)13(2)23-32(29,30)18-7-5-4-6-17(18)24(27)28/h4-10,13,16,23H,11H2,1-3H3,(H,22,25). The number of amides is 1. The number of halogens is 1. The second kappa shape index (κ2) is 10.3. The van der Waals surface area contributed by atoms with Crippen LogP contribution in [0.4, 0.5) is 10.1 Å². The first-order chi connectivity index (χ1) is 15.0. The number of esters is 1. The first kappa shape index (κ1) is 24.9. The lowest BCUT2D eigenvalue weighted by Crippen LogP contribution is -2.51. The Kier molecular flexibility index (Phi) is 8.00. The molecule has 0 aliphatic rings. The van der Waals surface area contributed by atoms with Crippen LogP contribution in [-0.4, -0.2) is 44.4 Å². The molecule has 2 atom stereocenters. The van der Waals surface area contributed by atoms with Crippen molar-refractivity contribution in [2.24, 2.45) is 0 Å². The number of aryl methyl sites for hydroxylation is 1. The maximum atomic E-state index is 14.2. The predicted octanol–water partition coefficient (Wildman–Crippen LogP) is 1.61. The van der Waals surface area contributed by atoms with E-state index in [9.17, 15) is 32.5 Å². The zero-order valence-corrected chi connectivity index (χ0v) is 18.3. The van der Waals surface area contributed by atoms with Gasteiger partial charge < -0.3 is 10.1 Å². The zero-order valence-electron chi connectivity index (χ0n) is 17.5. The molecule has 0 saturated carbocycles. The first-order valence-corrected chi connectivity index (χ1v) is 10.8. The molecule has 0 saturated heterocycles. The van der Waals surface area contributed by atoms with E-state index in [4.69, 9.17) is 0 Å². The lowest BCUT2D eigenvalue weighted by atomic mass is 10.0. The average molecular weight is 467 g/mol. The van der Waals surface area contributed by atoms with Gasteiger partial charge in [0.2, 0.25) is 15.9 Å². The molecule has 0 heterocycles. The number of sulfonamides is 1. The molecule has 0 radical (unpaired) electrons. The van der Waals surface area contributed by atoms with E-state index in [-0.39, 0.29) is 12.0 Å². The van der Waals surface area contributed by atoms with E-state index in [1.165, 1.54) is 31.2 Å². The summed E-state index contributed by atoms with van der Waals surface area (Å²) >= 11 is 0. The van der Waals surface area contributed by atoms with Crippen LogP contribution in [0.5, 0.6) is 0 Å². The van der Waals surface area contributed by atoms with Gasteiger partial charge in [-0.1, -0.05) is 24.3 Å². The minimum Gasteiger partial charge on any atom is -0.467 e. The number of carbonyl (C=O) groups is 2. The van der Waals surface area contributed by atoms with Gasteiger partial charge in [-0.2, -0.15) is 4.72 Å². The Morgan fingerprint density at radius 2 is 1.88 bits per heavy atom. The Balaban J connectivity index is 2.19. The number of nitrogens with zero attached hydrogens (tertiary/aromatic N) is 1. The molecule has 2 aromatic carbocycles. The number of carbonyl (C=O) groups excluding carboxylic acids is 2. The molecule has 0 bridgehead atoms. The highest BCUT2D eigenvalue weighted by atomic mass is 32.2. The molecule has 0 aromatic heterocycles. The molecule has 0 fully saturated rings. The van der Waals surface area contributed by atoms with Gasteiger partial charge in [0.25, 0.3) is 5.69 Å². The van der Waals surface area contributed by atoms with Gasteiger partial charge in [-0.05, 0) is 37.1 Å². The Morgan fingerprint density at radius 3 is 2.47 bits per heavy atom. The lowest BCUT2D eigenvalue weighted by molar-refractivity contribution is -0.387. The van der Waals surface area contributed by atoms with Crippen LogP contribution in [0.15, 0.2) is 47.4 Å². The number of nitrogens with one attached hydrogen (secondary N) is 2. The van der Waals surface area contributed by atoms with Crippen molar-refractivity contribution >= 4 is 27.6 Å². The highest BCUT2D eigenvalue weighted by Crippen LogP contribution is 2.23. The van der Waals surface area contributed by atoms with E-state index in [1.807, 2.05) is 4.72 Å². The van der Waals surface area contributed by atoms with Crippen LogP contribution >= 0.6 is 0 Å². The van der Waals surface area contributed by atoms with Crippen molar-refractivity contribution in [3.8, 4) is 0 Å². The number of nitro benzene ring substituents is 1. The molecule has 2 N–H and O–H groups in total. The molecule has 2 unspecified atom stereocenters. The molecule has 172 valence electrons. The third kappa shape index (κ3) is 6.08. The van der Waals surface area contributed by atoms with Gasteiger partial charge in [-0.3, -0.25) is 14.9 Å². The van der Waals surface area contributed by atoms with Crippen LogP contribution in [0.3, 0.4) is 0 Å². The van der Waals surface area contributed by atoms with E-state index >= 15 is 0 Å². The van der Waals surface area contributed by atoms with Crippen molar-refractivity contribution in [1.82, 2.24) is 10.0 Å². The maximum Gasteiger partial charge on any atom is 0.328 e.